The summed E-state index contributed by atoms with van der Waals surface area (Å²) in [5.41, 5.74) is -0.414. The highest BCUT2D eigenvalue weighted by Crippen LogP contribution is 2.31. The second kappa shape index (κ2) is 6.84. The Morgan fingerprint density at radius 1 is 1.20 bits per heavy atom. The third kappa shape index (κ3) is 3.46. The van der Waals surface area contributed by atoms with Crippen LogP contribution in [0.4, 0.5) is 10.3 Å². The van der Waals surface area contributed by atoms with Crippen molar-refractivity contribution < 1.29 is 18.7 Å². The molecule has 3 saturated heterocycles. The maximum absolute atomic E-state index is 13.1. The van der Waals surface area contributed by atoms with Gasteiger partial charge in [-0.05, 0) is 25.7 Å². The molecule has 1 aromatic heterocycles. The lowest BCUT2D eigenvalue weighted by Crippen LogP contribution is -2.62. The minimum absolute atomic E-state index is 0.0790. The summed E-state index contributed by atoms with van der Waals surface area (Å²) >= 11 is 0. The van der Waals surface area contributed by atoms with Crippen LogP contribution in [0.1, 0.15) is 25.7 Å². The van der Waals surface area contributed by atoms with Crippen molar-refractivity contribution in [3.8, 4) is 0 Å². The number of aromatic nitrogens is 2. The second-order valence-corrected chi connectivity index (χ2v) is 7.02. The number of rotatable bonds is 2. The first-order chi connectivity index (χ1) is 12.2. The maximum atomic E-state index is 13.1. The Hall–Kier alpha value is -1.80. The molecule has 0 saturated carbocycles. The van der Waals surface area contributed by atoms with Crippen LogP contribution in [-0.2, 0) is 14.3 Å². The molecule has 7 nitrogen and oxygen atoms in total. The first kappa shape index (κ1) is 16.7. The molecular weight excluding hydrogens is 327 g/mol. The van der Waals surface area contributed by atoms with Crippen LogP contribution in [0.5, 0.6) is 0 Å². The van der Waals surface area contributed by atoms with E-state index in [0.29, 0.717) is 38.8 Å². The Bertz CT molecular complexity index is 619. The molecule has 0 bridgehead atoms. The molecule has 3 fully saturated rings. The Balaban J connectivity index is 1.46. The quantitative estimate of drug-likeness (QED) is 0.793. The van der Waals surface area contributed by atoms with Crippen molar-refractivity contribution in [3.05, 3.63) is 18.2 Å². The van der Waals surface area contributed by atoms with Gasteiger partial charge in [-0.3, -0.25) is 4.79 Å². The van der Waals surface area contributed by atoms with Crippen LogP contribution >= 0.6 is 0 Å². The predicted molar refractivity (Wildman–Crippen MR) is 87.7 cm³/mol. The summed E-state index contributed by atoms with van der Waals surface area (Å²) in [4.78, 5) is 24.7. The van der Waals surface area contributed by atoms with Crippen LogP contribution in [0, 0.1) is 5.82 Å². The third-order valence-corrected chi connectivity index (χ3v) is 5.19. The topological polar surface area (TPSA) is 67.8 Å². The molecule has 2 atom stereocenters. The molecule has 3 aliphatic heterocycles. The van der Waals surface area contributed by atoms with Crippen LogP contribution in [0.15, 0.2) is 12.4 Å². The molecule has 8 heteroatoms. The van der Waals surface area contributed by atoms with Gasteiger partial charge in [-0.15, -0.1) is 0 Å². The zero-order chi connectivity index (χ0) is 17.3. The van der Waals surface area contributed by atoms with E-state index in [1.807, 2.05) is 9.80 Å². The summed E-state index contributed by atoms with van der Waals surface area (Å²) in [5, 5.41) is 0. The van der Waals surface area contributed by atoms with Crippen molar-refractivity contribution >= 4 is 11.9 Å². The van der Waals surface area contributed by atoms with E-state index in [1.165, 1.54) is 12.4 Å². The van der Waals surface area contributed by atoms with Crippen LogP contribution in [0.25, 0.3) is 0 Å². The van der Waals surface area contributed by atoms with Gasteiger partial charge in [0.1, 0.15) is 11.7 Å². The van der Waals surface area contributed by atoms with E-state index < -0.39 is 11.4 Å². The van der Waals surface area contributed by atoms with Crippen molar-refractivity contribution in [1.29, 1.82) is 0 Å². The first-order valence-electron chi connectivity index (χ1n) is 8.92. The predicted octanol–water partition coefficient (Wildman–Crippen LogP) is 0.992. The fourth-order valence-electron chi connectivity index (χ4n) is 3.99. The van der Waals surface area contributed by atoms with Crippen LogP contribution < -0.4 is 4.90 Å². The van der Waals surface area contributed by atoms with E-state index in [4.69, 9.17) is 9.47 Å². The number of anilines is 1. The fourth-order valence-corrected chi connectivity index (χ4v) is 3.99. The summed E-state index contributed by atoms with van der Waals surface area (Å²) < 4.78 is 24.7. The number of morpholine rings is 1. The molecular formula is C17H23FN4O3. The van der Waals surface area contributed by atoms with Gasteiger partial charge in [-0.2, -0.15) is 0 Å². The standard InChI is InChI=1S/C17H23FN4O3/c18-13-9-19-16(20-10-13)22-5-2-4-17(12-22)11-21(6-8-25-17)15(23)14-3-1-7-24-14/h9-10,14H,1-8,11-12H2/t14-,17+/m1/s1. The number of hydrogen-bond acceptors (Lipinski definition) is 6. The van der Waals surface area contributed by atoms with Gasteiger partial charge < -0.3 is 19.3 Å². The average molecular weight is 350 g/mol. The van der Waals surface area contributed by atoms with Crippen molar-refractivity contribution in [1.82, 2.24) is 14.9 Å². The Kier molecular flexibility index (Phi) is 4.56. The van der Waals surface area contributed by atoms with E-state index in [-0.39, 0.29) is 12.0 Å². The minimum Gasteiger partial charge on any atom is -0.369 e. The number of carbonyl (C=O) groups is 1. The van der Waals surface area contributed by atoms with Gasteiger partial charge in [-0.25, -0.2) is 14.4 Å². The molecule has 4 rings (SSSR count). The molecule has 25 heavy (non-hydrogen) atoms. The molecule has 0 radical (unpaired) electrons. The summed E-state index contributed by atoms with van der Waals surface area (Å²) in [7, 11) is 0. The monoisotopic (exact) mass is 350 g/mol. The SMILES string of the molecule is O=C([C@H]1CCCO1)N1CCO[C@@]2(CCCN(c3ncc(F)cn3)C2)C1. The van der Waals surface area contributed by atoms with Gasteiger partial charge in [-0.1, -0.05) is 0 Å². The summed E-state index contributed by atoms with van der Waals surface area (Å²) in [6, 6.07) is 0. The molecule has 1 amide bonds. The van der Waals surface area contributed by atoms with Crippen molar-refractivity contribution in [2.24, 2.45) is 0 Å². The normalized spacial score (nSPS) is 30.0. The summed E-state index contributed by atoms with van der Waals surface area (Å²) in [5.74, 6) is 0.139. The third-order valence-electron chi connectivity index (χ3n) is 5.19. The van der Waals surface area contributed by atoms with Gasteiger partial charge in [0, 0.05) is 19.7 Å². The maximum Gasteiger partial charge on any atom is 0.251 e. The average Bonchev–Trinajstić information content (AvgIpc) is 3.16. The highest BCUT2D eigenvalue weighted by atomic mass is 19.1. The van der Waals surface area contributed by atoms with Crippen LogP contribution in [0.3, 0.4) is 0 Å². The van der Waals surface area contributed by atoms with E-state index in [1.54, 1.807) is 0 Å². The lowest BCUT2D eigenvalue weighted by atomic mass is 9.90. The van der Waals surface area contributed by atoms with Gasteiger partial charge in [0.05, 0.1) is 32.1 Å². The van der Waals surface area contributed by atoms with E-state index >= 15 is 0 Å². The number of hydrogen-bond donors (Lipinski definition) is 0. The summed E-state index contributed by atoms with van der Waals surface area (Å²) in [6.45, 7) is 3.76. The molecule has 0 unspecified atom stereocenters. The molecule has 3 aliphatic rings. The molecule has 0 aromatic carbocycles. The zero-order valence-electron chi connectivity index (χ0n) is 14.2. The number of amides is 1. The fraction of sp³-hybridized carbons (Fsp3) is 0.706. The highest BCUT2D eigenvalue weighted by molar-refractivity contribution is 5.81. The molecule has 0 aliphatic carbocycles. The summed E-state index contributed by atoms with van der Waals surface area (Å²) in [6.07, 6.45) is 5.62. The van der Waals surface area contributed by atoms with Gasteiger partial charge in [0.15, 0.2) is 5.82 Å². The number of halogens is 1. The van der Waals surface area contributed by atoms with Crippen molar-refractivity contribution in [3.63, 3.8) is 0 Å². The number of nitrogens with zero attached hydrogens (tertiary/aromatic N) is 4. The van der Waals surface area contributed by atoms with Gasteiger partial charge in [0.2, 0.25) is 5.95 Å². The number of carbonyl (C=O) groups excluding carboxylic acids is 1. The smallest absolute Gasteiger partial charge is 0.251 e. The molecule has 4 heterocycles. The van der Waals surface area contributed by atoms with E-state index in [9.17, 15) is 9.18 Å². The molecule has 1 aromatic rings. The van der Waals surface area contributed by atoms with Crippen LogP contribution in [-0.4, -0.2) is 71.9 Å². The van der Waals surface area contributed by atoms with Gasteiger partial charge >= 0.3 is 0 Å². The Labute approximate surface area is 146 Å². The van der Waals surface area contributed by atoms with Gasteiger partial charge in [0.25, 0.3) is 5.91 Å². The van der Waals surface area contributed by atoms with Crippen molar-refractivity contribution in [2.75, 3.05) is 44.3 Å². The number of piperidine rings is 1. The molecule has 136 valence electrons. The lowest BCUT2D eigenvalue weighted by molar-refractivity contribution is -0.160. The van der Waals surface area contributed by atoms with E-state index in [2.05, 4.69) is 9.97 Å². The molecule has 1 spiro atoms. The Morgan fingerprint density at radius 3 is 2.80 bits per heavy atom. The first-order valence-corrected chi connectivity index (χ1v) is 8.92. The zero-order valence-corrected chi connectivity index (χ0v) is 14.2. The van der Waals surface area contributed by atoms with Crippen molar-refractivity contribution in [2.45, 2.75) is 37.4 Å². The lowest BCUT2D eigenvalue weighted by Gasteiger charge is -2.48. The second-order valence-electron chi connectivity index (χ2n) is 7.02. The number of ether oxygens (including phenoxy) is 2. The van der Waals surface area contributed by atoms with Crippen LogP contribution in [0.2, 0.25) is 0 Å². The molecule has 0 N–H and O–H groups in total. The Morgan fingerprint density at radius 2 is 2.04 bits per heavy atom. The van der Waals surface area contributed by atoms with E-state index in [0.717, 1.165) is 32.2 Å². The highest BCUT2D eigenvalue weighted by Gasteiger charge is 2.43. The minimum atomic E-state index is -0.447. The largest absolute Gasteiger partial charge is 0.369 e.